The quantitative estimate of drug-likeness (QED) is 0.140. The van der Waals surface area contributed by atoms with Gasteiger partial charge in [-0.25, -0.2) is 13.8 Å². The first-order valence-electron chi connectivity index (χ1n) is 17.0. The lowest BCUT2D eigenvalue weighted by molar-refractivity contribution is -0.134. The summed E-state index contributed by atoms with van der Waals surface area (Å²) in [5, 5.41) is 27.3. The first-order valence-corrected chi connectivity index (χ1v) is 17.4. The molecule has 16 heteroatoms. The second-order valence-electron chi connectivity index (χ2n) is 13.0. The monoisotopic (exact) mass is 735 g/mol. The van der Waals surface area contributed by atoms with Gasteiger partial charge in [0.25, 0.3) is 11.8 Å². The molecule has 2 atom stereocenters. The molecule has 4 aromatic rings. The van der Waals surface area contributed by atoms with Gasteiger partial charge in [-0.2, -0.15) is 5.10 Å². The summed E-state index contributed by atoms with van der Waals surface area (Å²) < 4.78 is 34.4. The molecule has 0 bridgehead atoms. The number of amides is 3. The van der Waals surface area contributed by atoms with Gasteiger partial charge >= 0.3 is 0 Å². The maximum Gasteiger partial charge on any atom is 0.291 e. The van der Waals surface area contributed by atoms with Gasteiger partial charge in [-0.1, -0.05) is 17.7 Å². The summed E-state index contributed by atoms with van der Waals surface area (Å²) in [7, 11) is 1.52. The number of nitrogens with one attached hydrogen (secondary N) is 3. The standard InChI is InChI=1S/C36H40ClF2N9O4/c1-20-30(21(2)48(44-20)11-5-4-10-40)26-9-8-25(31(38)32(26)39)29-19-42-33(45(29)3)34(50)43-22-6-7-24(27(37)16-22)35(51)46-12-14-47(15-13-46)36(52)28-17-23(49)18-41-28/h6-10,16,19,23,28,40-41,49H,4-5,11-15,17-18H2,1-3H3,(H,43,50)/t23-,28+/m1/s1. The molecular weight excluding hydrogens is 696 g/mol. The third-order valence-electron chi connectivity index (χ3n) is 9.66. The highest BCUT2D eigenvalue weighted by atomic mass is 35.5. The Bertz CT molecular complexity index is 2040. The largest absolute Gasteiger partial charge is 0.392 e. The van der Waals surface area contributed by atoms with Gasteiger partial charge in [-0.05, 0) is 63.6 Å². The number of β-amino-alcohol motifs (C(OH)–C–C–N with tert-alkyl or cyclic N) is 1. The van der Waals surface area contributed by atoms with E-state index in [0.717, 1.165) is 0 Å². The Labute approximate surface area is 304 Å². The van der Waals surface area contributed by atoms with Crippen LogP contribution in [0.2, 0.25) is 5.02 Å². The van der Waals surface area contributed by atoms with Crippen LogP contribution < -0.4 is 10.6 Å². The van der Waals surface area contributed by atoms with Gasteiger partial charge in [-0.3, -0.25) is 19.1 Å². The number of benzene rings is 2. The molecule has 2 fully saturated rings. The third kappa shape index (κ3) is 7.20. The number of hydrogen-bond donors (Lipinski definition) is 4. The molecule has 0 radical (unpaired) electrons. The van der Waals surface area contributed by atoms with Crippen molar-refractivity contribution < 1.29 is 28.3 Å². The van der Waals surface area contributed by atoms with Gasteiger partial charge in [0.1, 0.15) is 0 Å². The average molecular weight is 736 g/mol. The molecule has 2 aromatic heterocycles. The number of aromatic nitrogens is 4. The lowest BCUT2D eigenvalue weighted by Crippen LogP contribution is -2.54. The minimum atomic E-state index is -1.09. The van der Waals surface area contributed by atoms with Crippen LogP contribution in [0.3, 0.4) is 0 Å². The minimum absolute atomic E-state index is 0.0669. The van der Waals surface area contributed by atoms with Gasteiger partial charge in [0.05, 0.1) is 40.3 Å². The zero-order chi connectivity index (χ0) is 37.3. The number of piperazine rings is 1. The number of unbranched alkanes of at least 4 members (excludes halogenated alkanes) is 1. The summed E-state index contributed by atoms with van der Waals surface area (Å²) in [6.45, 7) is 5.82. The number of rotatable bonds is 10. The Kier molecular flexibility index (Phi) is 10.8. The van der Waals surface area contributed by atoms with E-state index in [0.29, 0.717) is 81.2 Å². The summed E-state index contributed by atoms with van der Waals surface area (Å²) in [5.41, 5.74) is 2.46. The lowest BCUT2D eigenvalue weighted by atomic mass is 10.00. The van der Waals surface area contributed by atoms with Crippen molar-refractivity contribution >= 4 is 41.2 Å². The molecule has 2 aliphatic heterocycles. The van der Waals surface area contributed by atoms with Gasteiger partial charge in [0.2, 0.25) is 5.91 Å². The molecule has 52 heavy (non-hydrogen) atoms. The Morgan fingerprint density at radius 2 is 1.77 bits per heavy atom. The minimum Gasteiger partial charge on any atom is -0.392 e. The van der Waals surface area contributed by atoms with Crippen molar-refractivity contribution in [3.05, 3.63) is 76.0 Å². The van der Waals surface area contributed by atoms with Crippen LogP contribution in [0.5, 0.6) is 0 Å². The summed E-state index contributed by atoms with van der Waals surface area (Å²) in [6.07, 6.45) is 3.73. The Morgan fingerprint density at radius 3 is 2.44 bits per heavy atom. The first-order chi connectivity index (χ1) is 24.9. The molecule has 2 aliphatic rings. The molecule has 0 aliphatic carbocycles. The van der Waals surface area contributed by atoms with E-state index in [1.807, 2.05) is 0 Å². The zero-order valence-electron chi connectivity index (χ0n) is 29.0. The molecule has 0 spiro atoms. The second kappa shape index (κ2) is 15.3. The van der Waals surface area contributed by atoms with Crippen molar-refractivity contribution in [2.45, 2.75) is 51.8 Å². The molecule has 6 rings (SSSR count). The van der Waals surface area contributed by atoms with Gasteiger partial charge in [0, 0.05) is 74.4 Å². The average Bonchev–Trinajstić information content (AvgIpc) is 3.81. The zero-order valence-corrected chi connectivity index (χ0v) is 29.8. The second-order valence-corrected chi connectivity index (χ2v) is 13.5. The Balaban J connectivity index is 1.11. The number of carbonyl (C=O) groups excluding carboxylic acids is 3. The highest BCUT2D eigenvalue weighted by molar-refractivity contribution is 6.34. The van der Waals surface area contributed by atoms with E-state index in [4.69, 9.17) is 17.0 Å². The van der Waals surface area contributed by atoms with Crippen LogP contribution in [-0.2, 0) is 18.4 Å². The molecule has 0 unspecified atom stereocenters. The smallest absolute Gasteiger partial charge is 0.291 e. The summed E-state index contributed by atoms with van der Waals surface area (Å²) in [5.74, 6) is -3.23. The van der Waals surface area contributed by atoms with E-state index in [-0.39, 0.29) is 45.0 Å². The number of carbonyl (C=O) groups is 3. The number of imidazole rings is 1. The molecule has 2 aromatic carbocycles. The number of aliphatic hydroxyl groups is 1. The van der Waals surface area contributed by atoms with E-state index in [9.17, 15) is 19.5 Å². The Hall–Kier alpha value is -4.99. The van der Waals surface area contributed by atoms with Crippen LogP contribution in [0.1, 0.15) is 51.6 Å². The van der Waals surface area contributed by atoms with Crippen LogP contribution in [0.25, 0.3) is 22.4 Å². The molecule has 13 nitrogen and oxygen atoms in total. The topological polar surface area (TPSA) is 161 Å². The number of nitrogens with zero attached hydrogens (tertiary/aromatic N) is 6. The normalized spacial score (nSPS) is 17.4. The number of anilines is 1. The number of halogens is 3. The van der Waals surface area contributed by atoms with Crippen LogP contribution in [0.15, 0.2) is 36.5 Å². The Morgan fingerprint density at radius 1 is 1.08 bits per heavy atom. The molecule has 274 valence electrons. The van der Waals surface area contributed by atoms with Crippen LogP contribution >= 0.6 is 11.6 Å². The predicted octanol–water partition coefficient (Wildman–Crippen LogP) is 4.19. The fourth-order valence-electron chi connectivity index (χ4n) is 6.84. The number of aliphatic hydroxyl groups excluding tert-OH is 1. The van der Waals surface area contributed by atoms with Crippen molar-refractivity contribution in [3.63, 3.8) is 0 Å². The first kappa shape index (κ1) is 36.8. The third-order valence-corrected chi connectivity index (χ3v) is 9.97. The van der Waals surface area contributed by atoms with Crippen LogP contribution in [0.4, 0.5) is 14.5 Å². The maximum atomic E-state index is 15.7. The van der Waals surface area contributed by atoms with Crippen molar-refractivity contribution in [1.29, 1.82) is 5.41 Å². The van der Waals surface area contributed by atoms with Crippen molar-refractivity contribution in [2.75, 3.05) is 38.0 Å². The molecule has 2 saturated heterocycles. The molecule has 3 amide bonds. The van der Waals surface area contributed by atoms with E-state index < -0.39 is 29.7 Å². The van der Waals surface area contributed by atoms with E-state index in [1.54, 1.807) is 28.3 Å². The van der Waals surface area contributed by atoms with Crippen molar-refractivity contribution in [2.24, 2.45) is 7.05 Å². The van der Waals surface area contributed by atoms with Gasteiger partial charge < -0.3 is 35.5 Å². The number of hydrogen-bond acceptors (Lipinski definition) is 8. The van der Waals surface area contributed by atoms with Gasteiger partial charge in [-0.15, -0.1) is 0 Å². The fraction of sp³-hybridized carbons (Fsp3) is 0.389. The molecular formula is C36H40ClF2N9O4. The van der Waals surface area contributed by atoms with Gasteiger partial charge in [0.15, 0.2) is 17.5 Å². The predicted molar refractivity (Wildman–Crippen MR) is 192 cm³/mol. The van der Waals surface area contributed by atoms with Crippen molar-refractivity contribution in [1.82, 2.24) is 34.4 Å². The summed E-state index contributed by atoms with van der Waals surface area (Å²) in [4.78, 5) is 46.8. The highest BCUT2D eigenvalue weighted by Gasteiger charge is 2.34. The maximum absolute atomic E-state index is 15.7. The fourth-order valence-corrected chi connectivity index (χ4v) is 7.10. The van der Waals surface area contributed by atoms with Crippen LogP contribution in [0, 0.1) is 30.9 Å². The van der Waals surface area contributed by atoms with Crippen LogP contribution in [-0.4, -0.2) is 103 Å². The van der Waals surface area contributed by atoms with E-state index >= 15 is 8.78 Å². The number of aryl methyl sites for hydroxylation is 2. The lowest BCUT2D eigenvalue weighted by Gasteiger charge is -2.36. The SMILES string of the molecule is Cc1nn(CCCC=N)c(C)c1-c1ccc(-c2cnc(C(=O)Nc3ccc(C(=O)N4CCN(C(=O)[C@@H]5C[C@@H](O)CN5)CC4)c(Cl)c3)n2C)c(F)c1F. The summed E-state index contributed by atoms with van der Waals surface area (Å²) in [6, 6.07) is 7.00. The molecule has 4 N–H and O–H groups in total. The highest BCUT2D eigenvalue weighted by Crippen LogP contribution is 2.35. The molecule has 4 heterocycles. The van der Waals surface area contributed by atoms with E-state index in [1.165, 1.54) is 54.4 Å². The molecule has 0 saturated carbocycles. The summed E-state index contributed by atoms with van der Waals surface area (Å²) >= 11 is 6.50. The van der Waals surface area contributed by atoms with E-state index in [2.05, 4.69) is 20.7 Å². The van der Waals surface area contributed by atoms with Crippen molar-refractivity contribution in [3.8, 4) is 22.4 Å².